The van der Waals surface area contributed by atoms with Crippen LogP contribution in [-0.2, 0) is 0 Å². The first-order chi connectivity index (χ1) is 9.11. The van der Waals surface area contributed by atoms with Crippen LogP contribution in [0.4, 0.5) is 20.2 Å². The molecule has 0 spiro atoms. The fourth-order valence-electron chi connectivity index (χ4n) is 2.09. The van der Waals surface area contributed by atoms with Crippen LogP contribution in [-0.4, -0.2) is 13.1 Å². The van der Waals surface area contributed by atoms with E-state index in [1.54, 1.807) is 12.1 Å². The SMILES string of the molecule is [N-]=[N+]=Nc1ccc(Br)cc1N1CCC(=C(F)F)CC1. The molecule has 0 amide bonds. The number of halogens is 3. The minimum absolute atomic E-state index is 0.219. The molecule has 0 atom stereocenters. The van der Waals surface area contributed by atoms with Crippen LogP contribution in [0.15, 0.2) is 39.4 Å². The molecule has 100 valence electrons. The number of nitrogens with zero attached hydrogens (tertiary/aromatic N) is 4. The Labute approximate surface area is 117 Å². The zero-order chi connectivity index (χ0) is 13.8. The number of piperidine rings is 1. The molecule has 1 aromatic rings. The molecule has 1 aliphatic heterocycles. The van der Waals surface area contributed by atoms with Crippen LogP contribution in [0, 0.1) is 0 Å². The standard InChI is InChI=1S/C12H11BrF2N4/c13-9-1-2-10(17-18-16)11(7-9)19-5-3-8(4-6-19)12(14)15/h1-2,7H,3-6H2. The molecule has 1 aliphatic rings. The summed E-state index contributed by atoms with van der Waals surface area (Å²) in [7, 11) is 0. The number of hydrogen-bond acceptors (Lipinski definition) is 2. The largest absolute Gasteiger partial charge is 0.370 e. The van der Waals surface area contributed by atoms with E-state index in [4.69, 9.17) is 5.53 Å². The quantitative estimate of drug-likeness (QED) is 0.421. The second-order valence-corrected chi connectivity index (χ2v) is 5.09. The van der Waals surface area contributed by atoms with E-state index in [1.807, 2.05) is 11.0 Å². The third-order valence-corrected chi connectivity index (χ3v) is 3.56. The Morgan fingerprint density at radius 2 is 2.00 bits per heavy atom. The van der Waals surface area contributed by atoms with Crippen molar-refractivity contribution in [3.8, 4) is 0 Å². The highest BCUT2D eigenvalue weighted by Crippen LogP contribution is 2.35. The summed E-state index contributed by atoms with van der Waals surface area (Å²) in [6.07, 6.45) is -0.890. The van der Waals surface area contributed by atoms with E-state index in [9.17, 15) is 8.78 Å². The summed E-state index contributed by atoms with van der Waals surface area (Å²) in [5.41, 5.74) is 10.0. The molecule has 0 aromatic heterocycles. The first-order valence-electron chi connectivity index (χ1n) is 5.74. The molecule has 1 heterocycles. The normalized spacial score (nSPS) is 15.1. The topological polar surface area (TPSA) is 52.0 Å². The lowest BCUT2D eigenvalue weighted by atomic mass is 10.0. The second-order valence-electron chi connectivity index (χ2n) is 4.17. The predicted molar refractivity (Wildman–Crippen MR) is 73.6 cm³/mol. The molecule has 0 N–H and O–H groups in total. The number of hydrogen-bond donors (Lipinski definition) is 0. The van der Waals surface area contributed by atoms with Gasteiger partial charge in [0.2, 0.25) is 0 Å². The highest BCUT2D eigenvalue weighted by molar-refractivity contribution is 9.10. The van der Waals surface area contributed by atoms with Crippen molar-refractivity contribution in [2.45, 2.75) is 12.8 Å². The van der Waals surface area contributed by atoms with Gasteiger partial charge in [0.25, 0.3) is 6.08 Å². The third-order valence-electron chi connectivity index (χ3n) is 3.06. The Hall–Kier alpha value is -1.59. The minimum Gasteiger partial charge on any atom is -0.370 e. The van der Waals surface area contributed by atoms with Gasteiger partial charge in [-0.15, -0.1) is 0 Å². The molecule has 0 unspecified atom stereocenters. The van der Waals surface area contributed by atoms with Gasteiger partial charge < -0.3 is 4.90 Å². The molecule has 0 saturated carbocycles. The van der Waals surface area contributed by atoms with Gasteiger partial charge in [-0.25, -0.2) is 0 Å². The van der Waals surface area contributed by atoms with Crippen LogP contribution in [0.5, 0.6) is 0 Å². The Kier molecular flexibility index (Phi) is 4.39. The third kappa shape index (κ3) is 3.24. The summed E-state index contributed by atoms with van der Waals surface area (Å²) >= 11 is 3.36. The van der Waals surface area contributed by atoms with Crippen LogP contribution in [0.25, 0.3) is 10.4 Å². The van der Waals surface area contributed by atoms with Crippen LogP contribution in [0.3, 0.4) is 0 Å². The van der Waals surface area contributed by atoms with Gasteiger partial charge in [-0.1, -0.05) is 21.0 Å². The van der Waals surface area contributed by atoms with Gasteiger partial charge in [-0.3, -0.25) is 0 Å². The predicted octanol–water partition coefficient (Wildman–Crippen LogP) is 5.14. The fraction of sp³-hybridized carbons (Fsp3) is 0.333. The molecule has 2 rings (SSSR count). The Bertz CT molecular complexity index is 553. The second kappa shape index (κ2) is 6.04. The van der Waals surface area contributed by atoms with Crippen LogP contribution < -0.4 is 4.90 Å². The molecule has 1 saturated heterocycles. The number of rotatable bonds is 2. The number of azide groups is 1. The molecule has 1 aromatic carbocycles. The first kappa shape index (κ1) is 13.8. The Morgan fingerprint density at radius 1 is 1.32 bits per heavy atom. The molecule has 4 nitrogen and oxygen atoms in total. The number of anilines is 1. The highest BCUT2D eigenvalue weighted by atomic mass is 79.9. The lowest BCUT2D eigenvalue weighted by Crippen LogP contribution is -2.30. The van der Waals surface area contributed by atoms with E-state index in [0.29, 0.717) is 31.6 Å². The molecule has 19 heavy (non-hydrogen) atoms. The van der Waals surface area contributed by atoms with Gasteiger partial charge in [0.15, 0.2) is 0 Å². The van der Waals surface area contributed by atoms with Crippen molar-refractivity contribution in [3.63, 3.8) is 0 Å². The smallest absolute Gasteiger partial charge is 0.269 e. The van der Waals surface area contributed by atoms with Crippen molar-refractivity contribution in [1.29, 1.82) is 0 Å². The summed E-state index contributed by atoms with van der Waals surface area (Å²) in [5, 5.41) is 3.63. The maximum absolute atomic E-state index is 12.5. The molecule has 7 heteroatoms. The zero-order valence-corrected chi connectivity index (χ0v) is 11.6. The average molecular weight is 329 g/mol. The first-order valence-corrected chi connectivity index (χ1v) is 6.53. The van der Waals surface area contributed by atoms with Crippen molar-refractivity contribution < 1.29 is 8.78 Å². The van der Waals surface area contributed by atoms with Crippen LogP contribution >= 0.6 is 15.9 Å². The maximum atomic E-state index is 12.5. The van der Waals surface area contributed by atoms with Gasteiger partial charge in [-0.05, 0) is 42.1 Å². The van der Waals surface area contributed by atoms with Gasteiger partial charge in [-0.2, -0.15) is 8.78 Å². The van der Waals surface area contributed by atoms with Crippen molar-refractivity contribution in [1.82, 2.24) is 0 Å². The molecule has 1 fully saturated rings. The van der Waals surface area contributed by atoms with E-state index in [2.05, 4.69) is 26.0 Å². The fourth-order valence-corrected chi connectivity index (χ4v) is 2.44. The van der Waals surface area contributed by atoms with E-state index in [-0.39, 0.29) is 5.57 Å². The summed E-state index contributed by atoms with van der Waals surface area (Å²) in [4.78, 5) is 4.75. The lowest BCUT2D eigenvalue weighted by molar-refractivity contribution is 0.399. The van der Waals surface area contributed by atoms with E-state index in [1.165, 1.54) is 0 Å². The molecular weight excluding hydrogens is 318 g/mol. The van der Waals surface area contributed by atoms with Gasteiger partial charge >= 0.3 is 0 Å². The van der Waals surface area contributed by atoms with Crippen LogP contribution in [0.1, 0.15) is 12.8 Å². The Morgan fingerprint density at radius 3 is 2.58 bits per heavy atom. The zero-order valence-electron chi connectivity index (χ0n) is 9.98. The van der Waals surface area contributed by atoms with Gasteiger partial charge in [0.1, 0.15) is 0 Å². The molecule has 0 bridgehead atoms. The van der Waals surface area contributed by atoms with Crippen molar-refractivity contribution in [2.75, 3.05) is 18.0 Å². The van der Waals surface area contributed by atoms with Crippen molar-refractivity contribution in [3.05, 3.63) is 44.8 Å². The van der Waals surface area contributed by atoms with Crippen molar-refractivity contribution >= 4 is 27.3 Å². The summed E-state index contributed by atoms with van der Waals surface area (Å²) in [5.74, 6) is 0. The number of benzene rings is 1. The van der Waals surface area contributed by atoms with E-state index < -0.39 is 6.08 Å². The van der Waals surface area contributed by atoms with E-state index in [0.717, 1.165) is 10.2 Å². The average Bonchev–Trinajstić information content (AvgIpc) is 2.41. The maximum Gasteiger partial charge on any atom is 0.269 e. The highest BCUT2D eigenvalue weighted by Gasteiger charge is 2.19. The van der Waals surface area contributed by atoms with Gasteiger partial charge in [0, 0.05) is 28.2 Å². The van der Waals surface area contributed by atoms with E-state index >= 15 is 0 Å². The minimum atomic E-state index is -1.57. The Balaban J connectivity index is 2.26. The molecule has 0 radical (unpaired) electrons. The lowest BCUT2D eigenvalue weighted by Gasteiger charge is -2.31. The van der Waals surface area contributed by atoms with Gasteiger partial charge in [0.05, 0.1) is 5.69 Å². The summed E-state index contributed by atoms with van der Waals surface area (Å²) in [6.45, 7) is 0.994. The monoisotopic (exact) mass is 328 g/mol. The summed E-state index contributed by atoms with van der Waals surface area (Å²) in [6, 6.07) is 5.33. The molecule has 0 aliphatic carbocycles. The van der Waals surface area contributed by atoms with Crippen LogP contribution in [0.2, 0.25) is 0 Å². The summed E-state index contributed by atoms with van der Waals surface area (Å²) < 4.78 is 25.9. The molecular formula is C12H11BrF2N4. The van der Waals surface area contributed by atoms with Crippen molar-refractivity contribution in [2.24, 2.45) is 5.11 Å².